The van der Waals surface area contributed by atoms with Crippen molar-refractivity contribution < 1.29 is 65.2 Å². The predicted octanol–water partition coefficient (Wildman–Crippen LogP) is 4.65. The molecule has 3 aromatic carbocycles. The van der Waals surface area contributed by atoms with Crippen LogP contribution < -0.4 is 10.1 Å². The summed E-state index contributed by atoms with van der Waals surface area (Å²) in [5.41, 5.74) is 0.320. The van der Waals surface area contributed by atoms with Crippen LogP contribution >= 0.6 is 0 Å². The van der Waals surface area contributed by atoms with Crippen LogP contribution in [0.5, 0.6) is 5.75 Å². The Morgan fingerprint density at radius 3 is 2.64 bits per heavy atom. The molecule has 2 aliphatic heterocycles. The van der Waals surface area contributed by atoms with Gasteiger partial charge in [0.15, 0.2) is 17.9 Å². The molecule has 10 nitrogen and oxygen atoms in total. The van der Waals surface area contributed by atoms with Gasteiger partial charge in [-0.15, -0.1) is 0 Å². The van der Waals surface area contributed by atoms with Crippen molar-refractivity contribution in [3.63, 3.8) is 0 Å². The van der Waals surface area contributed by atoms with Crippen LogP contribution in [0.4, 0.5) is 13.6 Å². The molecule has 5 rings (SSSR count). The highest BCUT2D eigenvalue weighted by atomic mass is 32.2. The Morgan fingerprint density at radius 1 is 1.15 bits per heavy atom. The van der Waals surface area contributed by atoms with Crippen LogP contribution in [0.3, 0.4) is 0 Å². The first-order valence-electron chi connectivity index (χ1n) is 21.2. The Balaban J connectivity index is 1.55. The quantitative estimate of drug-likeness (QED) is 0.251. The maximum Gasteiger partial charge on any atom is 0.407 e. The van der Waals surface area contributed by atoms with E-state index in [4.69, 9.17) is 38.1 Å². The van der Waals surface area contributed by atoms with Gasteiger partial charge in [0.05, 0.1) is 43.0 Å². The van der Waals surface area contributed by atoms with E-state index >= 15 is 0 Å². The van der Waals surface area contributed by atoms with Crippen molar-refractivity contribution in [1.82, 2.24) is 9.62 Å². The van der Waals surface area contributed by atoms with Crippen molar-refractivity contribution in [2.75, 3.05) is 26.2 Å². The van der Waals surface area contributed by atoms with E-state index in [0.717, 1.165) is 0 Å². The molecule has 47 heavy (non-hydrogen) atoms. The lowest BCUT2D eigenvalue weighted by atomic mass is 10.0. The van der Waals surface area contributed by atoms with Gasteiger partial charge in [0, 0.05) is 25.4 Å². The molecule has 13 heteroatoms. The molecule has 0 unspecified atom stereocenters. The van der Waals surface area contributed by atoms with E-state index < -0.39 is 120 Å². The summed E-state index contributed by atoms with van der Waals surface area (Å²) in [6.45, 7) is -19.6. The second kappa shape index (κ2) is 15.5. The molecule has 2 heterocycles. The highest BCUT2D eigenvalue weighted by molar-refractivity contribution is 7.89. The molecule has 0 spiro atoms. The molecule has 0 bridgehead atoms. The zero-order valence-electron chi connectivity index (χ0n) is 38.5. The number of benzene rings is 3. The number of hydrogen-bond acceptors (Lipinski definition) is 8. The lowest BCUT2D eigenvalue weighted by Gasteiger charge is -2.31. The van der Waals surface area contributed by atoms with Crippen molar-refractivity contribution >= 4 is 16.1 Å². The highest BCUT2D eigenvalue weighted by Crippen LogP contribution is 2.33. The fraction of sp³-hybridized carbons (Fsp3) is 0.441. The maximum atomic E-state index is 14.4. The second-order valence-electron chi connectivity index (χ2n) is 10.4. The fourth-order valence-corrected chi connectivity index (χ4v) is 6.06. The molecular weight excluding hydrogens is 634 g/mol. The Kier molecular flexibility index (Phi) is 6.83. The Morgan fingerprint density at radius 2 is 1.91 bits per heavy atom. The van der Waals surface area contributed by atoms with Gasteiger partial charge in [0.2, 0.25) is 10.0 Å². The van der Waals surface area contributed by atoms with Gasteiger partial charge in [-0.25, -0.2) is 22.0 Å². The van der Waals surface area contributed by atoms with Gasteiger partial charge >= 0.3 is 6.09 Å². The molecular formula is C34H40F2N2O8S. The number of hydrogen-bond donors (Lipinski definition) is 2. The van der Waals surface area contributed by atoms with Crippen LogP contribution in [0.25, 0.3) is 0 Å². The largest absolute Gasteiger partial charge is 0.489 e. The summed E-state index contributed by atoms with van der Waals surface area (Å²) in [7, 11) is -5.77. The summed E-state index contributed by atoms with van der Waals surface area (Å²) >= 11 is 0. The molecule has 2 fully saturated rings. The number of sulfonamides is 1. The molecule has 3 aromatic rings. The number of rotatable bonds is 14. The minimum absolute atomic E-state index is 0.0113. The first kappa shape index (κ1) is 20.7. The number of aliphatic hydroxyl groups excluding tert-OH is 1. The van der Waals surface area contributed by atoms with E-state index in [0.29, 0.717) is 12.1 Å². The minimum Gasteiger partial charge on any atom is -0.489 e. The summed E-state index contributed by atoms with van der Waals surface area (Å²) in [6, 6.07) is 11.9. The van der Waals surface area contributed by atoms with E-state index in [1.165, 1.54) is 36.4 Å². The third-order valence-corrected chi connectivity index (χ3v) is 8.80. The summed E-state index contributed by atoms with van der Waals surface area (Å²) < 4.78 is 193. The minimum atomic E-state index is -5.77. The number of fused-ring (bicyclic) bond motifs is 1. The number of nitrogens with one attached hydrogen (secondary N) is 1. The van der Waals surface area contributed by atoms with Crippen LogP contribution in [0.15, 0.2) is 77.7 Å². The van der Waals surface area contributed by atoms with Crippen LogP contribution in [-0.2, 0) is 37.2 Å². The molecule has 5 atom stereocenters. The standard InChI is InChI=1S/C34H40F2N2O8S/c1-22(2)18-38(47(41,42)26-12-13-28(35)29(36)17-26)19-31(39)30(37-34(40)46-32-21-45-33-27(32)14-15-43-33)16-23-8-10-25(11-9-23)44-20-24-6-4-3-5-7-24/h3-13,17,22,27,30-33,39H,14-16,18-21H2,1-2H3,(H,37,40)/t27-,30-,31+,32-,33+/m0/s1/i1D3,2D3,18D2,20D2,21D2,22D,32D. The molecule has 0 saturated carbocycles. The number of ether oxygens (including phenoxy) is 4. The van der Waals surface area contributed by atoms with Gasteiger partial charge in [0.1, 0.15) is 18.4 Å². The molecule has 2 N–H and O–H groups in total. The van der Waals surface area contributed by atoms with Gasteiger partial charge in [0.25, 0.3) is 0 Å². The molecule has 2 aliphatic rings. The normalized spacial score (nSPS) is 29.0. The van der Waals surface area contributed by atoms with Crippen molar-refractivity contribution in [3.8, 4) is 5.75 Å². The lowest BCUT2D eigenvalue weighted by Crippen LogP contribution is -2.51. The number of alkyl carbamates (subject to hydrolysis) is 1. The number of nitrogens with zero attached hydrogens (tertiary/aromatic N) is 1. The monoisotopic (exact) mass is 688 g/mol. The summed E-state index contributed by atoms with van der Waals surface area (Å²) in [5, 5.41) is 14.0. The van der Waals surface area contributed by atoms with E-state index in [9.17, 15) is 27.1 Å². The molecule has 254 valence electrons. The molecule has 0 radical (unpaired) electrons. The van der Waals surface area contributed by atoms with E-state index in [-0.39, 0.29) is 36.0 Å². The van der Waals surface area contributed by atoms with Crippen LogP contribution in [-0.4, -0.2) is 74.6 Å². The number of carbonyl (C=O) groups is 1. The summed E-state index contributed by atoms with van der Waals surface area (Å²) in [4.78, 5) is 12.3. The number of amides is 1. The van der Waals surface area contributed by atoms with Crippen molar-refractivity contribution in [2.45, 2.75) is 62.5 Å². The third kappa shape index (κ3) is 9.05. The Bertz CT molecular complexity index is 2160. The second-order valence-corrected chi connectivity index (χ2v) is 12.3. The van der Waals surface area contributed by atoms with Gasteiger partial charge in [-0.2, -0.15) is 4.31 Å². The highest BCUT2D eigenvalue weighted by Gasteiger charge is 2.44. The first-order chi connectivity index (χ1) is 27.9. The maximum absolute atomic E-state index is 14.4. The van der Waals surface area contributed by atoms with Gasteiger partial charge < -0.3 is 29.4 Å². The fourth-order valence-electron chi connectivity index (χ4n) is 4.75. The van der Waals surface area contributed by atoms with Crippen molar-refractivity contribution in [3.05, 3.63) is 95.6 Å². The summed E-state index contributed by atoms with van der Waals surface area (Å²) in [6.07, 6.45) is -8.70. The number of carbonyl (C=O) groups excluding carboxylic acids is 1. The van der Waals surface area contributed by atoms with E-state index in [2.05, 4.69) is 5.32 Å². The van der Waals surface area contributed by atoms with Gasteiger partial charge in [-0.1, -0.05) is 56.2 Å². The van der Waals surface area contributed by atoms with Crippen molar-refractivity contribution in [1.29, 1.82) is 0 Å². The van der Waals surface area contributed by atoms with Crippen LogP contribution in [0.1, 0.15) is 50.4 Å². The Labute approximate surface area is 293 Å². The SMILES string of the molecule is [2H]C([2H])(Oc1ccc(C[C@H](NC(=O)O[C@]2([2H])[C@@H]3CCO[C@@H]3OC2([2H])[2H])[C@H](O)CN(C([2H])([2H])C([2H])(C([2H])([2H])[2H])C([2H])([2H])[2H])S(=O)(=O)c2ccc(F)c(F)c2)cc1)c1ccccc1. The summed E-state index contributed by atoms with van der Waals surface area (Å²) in [5.74, 6) is -8.87. The average Bonchev–Trinajstić information content (AvgIpc) is 3.68. The number of halogens is 2. The van der Waals surface area contributed by atoms with Crippen LogP contribution in [0.2, 0.25) is 0 Å². The van der Waals surface area contributed by atoms with E-state index in [1.54, 1.807) is 18.2 Å². The zero-order chi connectivity index (χ0) is 45.8. The number of aliphatic hydroxyl groups is 1. The van der Waals surface area contributed by atoms with Crippen LogP contribution in [0, 0.1) is 23.4 Å². The first-order valence-corrected chi connectivity index (χ1v) is 15.6. The lowest BCUT2D eigenvalue weighted by molar-refractivity contribution is -0.0907. The average molecular weight is 689 g/mol. The van der Waals surface area contributed by atoms with Gasteiger partial charge in [-0.3, -0.25) is 0 Å². The Hall–Kier alpha value is -3.62. The molecule has 0 aromatic heterocycles. The zero-order valence-corrected chi connectivity index (χ0v) is 25.3. The molecule has 2 saturated heterocycles. The predicted molar refractivity (Wildman–Crippen MR) is 168 cm³/mol. The molecule has 1 amide bonds. The smallest absolute Gasteiger partial charge is 0.407 e. The topological polar surface area (TPSA) is 124 Å². The van der Waals surface area contributed by atoms with E-state index in [1.807, 2.05) is 0 Å². The van der Waals surface area contributed by atoms with Crippen molar-refractivity contribution in [2.24, 2.45) is 11.8 Å². The third-order valence-electron chi connectivity index (χ3n) is 7.13. The van der Waals surface area contributed by atoms with Gasteiger partial charge in [-0.05, 0) is 60.2 Å². The molecule has 0 aliphatic carbocycles.